The van der Waals surface area contributed by atoms with Crippen molar-refractivity contribution in [3.63, 3.8) is 0 Å². The molecule has 1 rings (SSSR count). The van der Waals surface area contributed by atoms with Crippen molar-refractivity contribution in [2.75, 3.05) is 0 Å². The van der Waals surface area contributed by atoms with Gasteiger partial charge in [-0.05, 0) is 38.5 Å². The zero-order valence-electron chi connectivity index (χ0n) is 7.77. The lowest BCUT2D eigenvalue weighted by Gasteiger charge is -2.31. The summed E-state index contributed by atoms with van der Waals surface area (Å²) in [5.74, 6) is -0.791. The summed E-state index contributed by atoms with van der Waals surface area (Å²) < 4.78 is 36.7. The largest absolute Gasteiger partial charge is 0.391 e. The minimum atomic E-state index is -4.00. The Labute approximate surface area is 76.5 Å². The minimum Gasteiger partial charge on any atom is -0.328 e. The molecule has 0 heterocycles. The molecule has 1 aliphatic carbocycles. The molecule has 1 saturated carbocycles. The summed E-state index contributed by atoms with van der Waals surface area (Å²) in [6.07, 6.45) is -2.22. The van der Waals surface area contributed by atoms with Crippen molar-refractivity contribution in [1.29, 1.82) is 0 Å². The third-order valence-electron chi connectivity index (χ3n) is 2.98. The monoisotopic (exact) mass is 195 g/mol. The second kappa shape index (κ2) is 3.86. The van der Waals surface area contributed by atoms with E-state index in [2.05, 4.69) is 0 Å². The van der Waals surface area contributed by atoms with E-state index in [1.165, 1.54) is 0 Å². The molecule has 0 bridgehead atoms. The Balaban J connectivity index is 2.39. The third-order valence-corrected chi connectivity index (χ3v) is 2.98. The molecule has 0 unspecified atom stereocenters. The van der Waals surface area contributed by atoms with Crippen LogP contribution in [0.15, 0.2) is 0 Å². The van der Waals surface area contributed by atoms with Crippen molar-refractivity contribution in [1.82, 2.24) is 0 Å². The van der Waals surface area contributed by atoms with E-state index >= 15 is 0 Å². The first-order valence-electron chi connectivity index (χ1n) is 4.73. The number of alkyl halides is 3. The summed E-state index contributed by atoms with van der Waals surface area (Å²) in [4.78, 5) is 0. The molecule has 78 valence electrons. The Hall–Kier alpha value is -0.250. The van der Waals surface area contributed by atoms with Gasteiger partial charge in [-0.15, -0.1) is 0 Å². The molecule has 1 fully saturated rings. The Morgan fingerprint density at radius 1 is 1.15 bits per heavy atom. The van der Waals surface area contributed by atoms with Crippen molar-refractivity contribution in [3.05, 3.63) is 0 Å². The van der Waals surface area contributed by atoms with Gasteiger partial charge in [-0.1, -0.05) is 0 Å². The van der Waals surface area contributed by atoms with E-state index in [1.54, 1.807) is 0 Å². The minimum absolute atomic E-state index is 0.0363. The SMILES string of the molecule is C[C@H](N)C1CCC(C(F)(F)F)CC1. The van der Waals surface area contributed by atoms with Crippen LogP contribution in [-0.2, 0) is 0 Å². The van der Waals surface area contributed by atoms with Gasteiger partial charge in [-0.25, -0.2) is 0 Å². The molecular formula is C9H16F3N. The highest BCUT2D eigenvalue weighted by molar-refractivity contribution is 4.80. The lowest BCUT2D eigenvalue weighted by Crippen LogP contribution is -2.34. The Morgan fingerprint density at radius 3 is 1.92 bits per heavy atom. The predicted octanol–water partition coefficient (Wildman–Crippen LogP) is 2.70. The molecule has 13 heavy (non-hydrogen) atoms. The fraction of sp³-hybridized carbons (Fsp3) is 1.00. The van der Waals surface area contributed by atoms with Crippen molar-refractivity contribution >= 4 is 0 Å². The van der Waals surface area contributed by atoms with E-state index in [1.807, 2.05) is 6.92 Å². The summed E-state index contributed by atoms with van der Waals surface area (Å²) in [6.45, 7) is 1.87. The third kappa shape index (κ3) is 2.86. The van der Waals surface area contributed by atoms with Gasteiger partial charge in [0.2, 0.25) is 0 Å². The Morgan fingerprint density at radius 2 is 1.62 bits per heavy atom. The van der Waals surface area contributed by atoms with Crippen LogP contribution < -0.4 is 5.73 Å². The summed E-state index contributed by atoms with van der Waals surface area (Å²) in [6, 6.07) is 0.0363. The number of halogens is 3. The topological polar surface area (TPSA) is 26.0 Å². The zero-order valence-corrected chi connectivity index (χ0v) is 7.77. The molecule has 2 N–H and O–H groups in total. The second-order valence-electron chi connectivity index (χ2n) is 4.01. The second-order valence-corrected chi connectivity index (χ2v) is 4.01. The molecule has 1 aliphatic rings. The molecule has 0 spiro atoms. The van der Waals surface area contributed by atoms with Crippen LogP contribution in [0.3, 0.4) is 0 Å². The van der Waals surface area contributed by atoms with E-state index in [4.69, 9.17) is 5.73 Å². The van der Waals surface area contributed by atoms with Gasteiger partial charge < -0.3 is 5.73 Å². The van der Waals surface area contributed by atoms with Crippen LogP contribution in [0.5, 0.6) is 0 Å². The van der Waals surface area contributed by atoms with Crippen LogP contribution >= 0.6 is 0 Å². The highest BCUT2D eigenvalue weighted by Gasteiger charge is 2.41. The van der Waals surface area contributed by atoms with Crippen molar-refractivity contribution in [2.45, 2.75) is 44.8 Å². The van der Waals surface area contributed by atoms with Gasteiger partial charge >= 0.3 is 6.18 Å². The average Bonchev–Trinajstić information content (AvgIpc) is 2.03. The first-order chi connectivity index (χ1) is 5.91. The van der Waals surface area contributed by atoms with Crippen LogP contribution in [0.4, 0.5) is 13.2 Å². The van der Waals surface area contributed by atoms with Crippen molar-refractivity contribution < 1.29 is 13.2 Å². The van der Waals surface area contributed by atoms with Gasteiger partial charge in [0.25, 0.3) is 0 Å². The fourth-order valence-electron chi connectivity index (χ4n) is 1.97. The summed E-state index contributed by atoms with van der Waals surface area (Å²) in [5, 5.41) is 0. The predicted molar refractivity (Wildman–Crippen MR) is 45.2 cm³/mol. The molecule has 1 nitrogen and oxygen atoms in total. The lowest BCUT2D eigenvalue weighted by molar-refractivity contribution is -0.184. The Bertz CT molecular complexity index is 157. The van der Waals surface area contributed by atoms with E-state index < -0.39 is 12.1 Å². The zero-order chi connectivity index (χ0) is 10.1. The normalized spacial score (nSPS) is 33.0. The first kappa shape index (κ1) is 10.8. The number of nitrogens with two attached hydrogens (primary N) is 1. The quantitative estimate of drug-likeness (QED) is 0.684. The molecule has 0 saturated heterocycles. The fourth-order valence-corrected chi connectivity index (χ4v) is 1.97. The maximum Gasteiger partial charge on any atom is 0.391 e. The molecule has 0 aliphatic heterocycles. The number of hydrogen-bond donors (Lipinski definition) is 1. The summed E-state index contributed by atoms with van der Waals surface area (Å²) in [7, 11) is 0. The molecule has 0 aromatic heterocycles. The van der Waals surface area contributed by atoms with Gasteiger partial charge in [-0.2, -0.15) is 13.2 Å². The van der Waals surface area contributed by atoms with Crippen LogP contribution in [0.25, 0.3) is 0 Å². The van der Waals surface area contributed by atoms with Gasteiger partial charge in [0.05, 0.1) is 5.92 Å². The lowest BCUT2D eigenvalue weighted by atomic mass is 9.79. The molecule has 1 atom stereocenters. The van der Waals surface area contributed by atoms with Crippen LogP contribution in [0.1, 0.15) is 32.6 Å². The van der Waals surface area contributed by atoms with Gasteiger partial charge in [0, 0.05) is 6.04 Å². The molecule has 0 amide bonds. The average molecular weight is 195 g/mol. The van der Waals surface area contributed by atoms with Crippen LogP contribution in [0.2, 0.25) is 0 Å². The number of rotatable bonds is 1. The molecule has 0 radical (unpaired) electrons. The maximum atomic E-state index is 12.2. The number of hydrogen-bond acceptors (Lipinski definition) is 1. The van der Waals surface area contributed by atoms with Crippen LogP contribution in [-0.4, -0.2) is 12.2 Å². The maximum absolute atomic E-state index is 12.2. The van der Waals surface area contributed by atoms with E-state index in [-0.39, 0.29) is 18.9 Å². The first-order valence-corrected chi connectivity index (χ1v) is 4.73. The molecule has 0 aromatic rings. The highest BCUT2D eigenvalue weighted by atomic mass is 19.4. The van der Waals surface area contributed by atoms with E-state index in [0.717, 1.165) is 0 Å². The van der Waals surface area contributed by atoms with Gasteiger partial charge in [0.15, 0.2) is 0 Å². The summed E-state index contributed by atoms with van der Waals surface area (Å²) >= 11 is 0. The summed E-state index contributed by atoms with van der Waals surface area (Å²) in [5.41, 5.74) is 5.64. The molecule has 0 aromatic carbocycles. The van der Waals surface area contributed by atoms with Gasteiger partial charge in [-0.3, -0.25) is 0 Å². The highest BCUT2D eigenvalue weighted by Crippen LogP contribution is 2.39. The van der Waals surface area contributed by atoms with Crippen molar-refractivity contribution in [3.8, 4) is 0 Å². The molecular weight excluding hydrogens is 179 g/mol. The van der Waals surface area contributed by atoms with Gasteiger partial charge in [0.1, 0.15) is 0 Å². The van der Waals surface area contributed by atoms with E-state index in [9.17, 15) is 13.2 Å². The standard InChI is InChI=1S/C9H16F3N/c1-6(13)7-2-4-8(5-3-7)9(10,11)12/h6-8H,2-5,13H2,1H3/t6-,7?,8?/m0/s1. The van der Waals surface area contributed by atoms with Crippen molar-refractivity contribution in [2.24, 2.45) is 17.6 Å². The van der Waals surface area contributed by atoms with Crippen LogP contribution in [0, 0.1) is 11.8 Å². The molecule has 4 heteroatoms. The smallest absolute Gasteiger partial charge is 0.328 e. The van der Waals surface area contributed by atoms with E-state index in [0.29, 0.717) is 18.8 Å². The Kier molecular flexibility index (Phi) is 3.22.